The van der Waals surface area contributed by atoms with Crippen LogP contribution in [0.25, 0.3) is 0 Å². The fourth-order valence-electron chi connectivity index (χ4n) is 0.712. The summed E-state index contributed by atoms with van der Waals surface area (Å²) in [6.45, 7) is -2.23. The number of carbonyl (C=O) groups is 1. The van der Waals surface area contributed by atoms with Crippen molar-refractivity contribution in [2.24, 2.45) is 0 Å². The van der Waals surface area contributed by atoms with E-state index in [0.29, 0.717) is 0 Å². The van der Waals surface area contributed by atoms with Gasteiger partial charge >= 0.3 is 15.6 Å². The molecule has 11 nitrogen and oxygen atoms in total. The van der Waals surface area contributed by atoms with Crippen molar-refractivity contribution in [1.82, 2.24) is 0 Å². The van der Waals surface area contributed by atoms with Crippen LogP contribution in [0.1, 0.15) is 0 Å². The van der Waals surface area contributed by atoms with Crippen molar-refractivity contribution in [2.75, 3.05) is 13.2 Å². The van der Waals surface area contributed by atoms with Gasteiger partial charge in [-0.3, -0.25) is 13.8 Å². The van der Waals surface area contributed by atoms with Crippen molar-refractivity contribution in [3.05, 3.63) is 0 Å². The molecular weight excluding hydrogens is 298 g/mol. The van der Waals surface area contributed by atoms with Gasteiger partial charge in [0.1, 0.15) is 18.8 Å². The first kappa shape index (κ1) is 17.8. The minimum absolute atomic E-state index is 1.05. The summed E-state index contributed by atoms with van der Waals surface area (Å²) < 4.78 is 28.1. The van der Waals surface area contributed by atoms with E-state index in [9.17, 15) is 13.9 Å². The summed E-state index contributed by atoms with van der Waals surface area (Å²) in [5, 5.41) is 18.2. The SMILES string of the molecule is O=C(COP(=O)(O)O)[C@H](O)[C@@H](O)COP(=O)(O)O. The average molecular weight is 310 g/mol. The number of aliphatic hydroxyl groups excluding tert-OH is 2. The van der Waals surface area contributed by atoms with Gasteiger partial charge in [0, 0.05) is 0 Å². The van der Waals surface area contributed by atoms with Crippen LogP contribution in [0.4, 0.5) is 0 Å². The average Bonchev–Trinajstić information content (AvgIpc) is 2.19. The van der Waals surface area contributed by atoms with E-state index >= 15 is 0 Å². The van der Waals surface area contributed by atoms with E-state index in [-0.39, 0.29) is 0 Å². The fraction of sp³-hybridized carbons (Fsp3) is 0.800. The molecule has 0 rings (SSSR count). The summed E-state index contributed by atoms with van der Waals surface area (Å²) in [4.78, 5) is 44.1. The van der Waals surface area contributed by atoms with Gasteiger partial charge in [0.25, 0.3) is 0 Å². The third kappa shape index (κ3) is 8.84. The van der Waals surface area contributed by atoms with Crippen LogP contribution in [0.5, 0.6) is 0 Å². The summed E-state index contributed by atoms with van der Waals surface area (Å²) in [5.41, 5.74) is 0. The monoisotopic (exact) mass is 310 g/mol. The number of phosphoric acid groups is 2. The summed E-state index contributed by atoms with van der Waals surface area (Å²) in [7, 11) is -9.77. The second-order valence-corrected chi connectivity index (χ2v) is 5.51. The van der Waals surface area contributed by atoms with Gasteiger partial charge in [-0.15, -0.1) is 0 Å². The molecule has 18 heavy (non-hydrogen) atoms. The molecule has 0 heterocycles. The smallest absolute Gasteiger partial charge is 0.388 e. The maximum absolute atomic E-state index is 11.0. The van der Waals surface area contributed by atoms with E-state index < -0.39 is 46.9 Å². The molecular formula is C5H12O11P2. The van der Waals surface area contributed by atoms with E-state index in [1.807, 2.05) is 0 Å². The molecule has 108 valence electrons. The summed E-state index contributed by atoms with van der Waals surface area (Å²) >= 11 is 0. The highest BCUT2D eigenvalue weighted by Gasteiger charge is 2.29. The van der Waals surface area contributed by atoms with Gasteiger partial charge in [0.15, 0.2) is 5.78 Å². The molecule has 0 aromatic carbocycles. The van der Waals surface area contributed by atoms with Gasteiger partial charge < -0.3 is 29.8 Å². The predicted molar refractivity (Wildman–Crippen MR) is 53.0 cm³/mol. The Bertz CT molecular complexity index is 368. The Hall–Kier alpha value is -0.190. The number of carbonyl (C=O) groups excluding carboxylic acids is 1. The molecule has 0 aromatic rings. The van der Waals surface area contributed by atoms with Gasteiger partial charge in [-0.1, -0.05) is 0 Å². The summed E-state index contributed by atoms with van der Waals surface area (Å²) in [6.07, 6.45) is -4.14. The molecule has 13 heteroatoms. The van der Waals surface area contributed by atoms with Crippen LogP contribution in [0.3, 0.4) is 0 Å². The first-order chi connectivity index (χ1) is 7.92. The molecule has 0 fully saturated rings. The number of rotatable bonds is 8. The molecule has 0 aliphatic heterocycles. The number of hydrogen-bond donors (Lipinski definition) is 6. The summed E-state index contributed by atoms with van der Waals surface area (Å²) in [6, 6.07) is 0. The first-order valence-corrected chi connectivity index (χ1v) is 7.27. The minimum atomic E-state index is -4.90. The van der Waals surface area contributed by atoms with Crippen LogP contribution < -0.4 is 0 Å². The highest BCUT2D eigenvalue weighted by molar-refractivity contribution is 7.46. The van der Waals surface area contributed by atoms with Gasteiger partial charge in [-0.05, 0) is 0 Å². The third-order valence-electron chi connectivity index (χ3n) is 1.48. The lowest BCUT2D eigenvalue weighted by Gasteiger charge is -2.17. The Kier molecular flexibility index (Phi) is 6.75. The molecule has 6 N–H and O–H groups in total. The van der Waals surface area contributed by atoms with Crippen LogP contribution in [-0.4, -0.2) is 61.0 Å². The number of Topliss-reactive ketones (excluding diaryl/α,β-unsaturated/α-hetero) is 1. The Balaban J connectivity index is 4.21. The largest absolute Gasteiger partial charge is 0.470 e. The molecule has 0 bridgehead atoms. The van der Waals surface area contributed by atoms with Gasteiger partial charge in [0.05, 0.1) is 6.61 Å². The van der Waals surface area contributed by atoms with Crippen molar-refractivity contribution < 1.29 is 52.8 Å². The van der Waals surface area contributed by atoms with Crippen LogP contribution in [0.15, 0.2) is 0 Å². The van der Waals surface area contributed by atoms with E-state index in [2.05, 4.69) is 9.05 Å². The number of hydrogen-bond acceptors (Lipinski definition) is 7. The Labute approximate surface area is 100 Å². The highest BCUT2D eigenvalue weighted by atomic mass is 31.2. The molecule has 0 saturated carbocycles. The zero-order valence-corrected chi connectivity index (χ0v) is 10.5. The highest BCUT2D eigenvalue weighted by Crippen LogP contribution is 2.36. The normalized spacial score (nSPS) is 16.3. The molecule has 0 amide bonds. The zero-order chi connectivity index (χ0) is 14.6. The number of ketones is 1. The topological polar surface area (TPSA) is 191 Å². The van der Waals surface area contributed by atoms with Crippen LogP contribution in [-0.2, 0) is 23.0 Å². The Morgan fingerprint density at radius 2 is 1.44 bits per heavy atom. The van der Waals surface area contributed by atoms with Gasteiger partial charge in [-0.25, -0.2) is 9.13 Å². The van der Waals surface area contributed by atoms with Crippen molar-refractivity contribution >= 4 is 21.4 Å². The lowest BCUT2D eigenvalue weighted by Crippen LogP contribution is -2.38. The molecule has 0 spiro atoms. The minimum Gasteiger partial charge on any atom is -0.388 e. The quantitative estimate of drug-likeness (QED) is 0.259. The predicted octanol–water partition coefficient (Wildman–Crippen LogP) is -2.50. The zero-order valence-electron chi connectivity index (χ0n) is 8.69. The third-order valence-corrected chi connectivity index (χ3v) is 2.43. The van der Waals surface area contributed by atoms with Gasteiger partial charge in [-0.2, -0.15) is 0 Å². The fourth-order valence-corrected chi connectivity index (χ4v) is 1.35. The van der Waals surface area contributed by atoms with E-state index in [0.717, 1.165) is 0 Å². The van der Waals surface area contributed by atoms with Crippen molar-refractivity contribution in [2.45, 2.75) is 12.2 Å². The maximum atomic E-state index is 11.0. The maximum Gasteiger partial charge on any atom is 0.470 e. The van der Waals surface area contributed by atoms with Crippen molar-refractivity contribution in [1.29, 1.82) is 0 Å². The molecule has 0 unspecified atom stereocenters. The molecule has 0 aliphatic rings. The van der Waals surface area contributed by atoms with Crippen molar-refractivity contribution in [3.63, 3.8) is 0 Å². The first-order valence-electron chi connectivity index (χ1n) is 4.21. The molecule has 0 radical (unpaired) electrons. The van der Waals surface area contributed by atoms with Crippen LogP contribution in [0.2, 0.25) is 0 Å². The van der Waals surface area contributed by atoms with Crippen LogP contribution in [0, 0.1) is 0 Å². The molecule has 0 aliphatic carbocycles. The standard InChI is InChI=1S/C5H12O11P2/c6-3(1-15-17(9,10)11)5(8)4(7)2-16-18(12,13)14/h3,5-6,8H,1-2H2,(H2,9,10,11)(H2,12,13,14)/t3-,5+/m0/s1. The van der Waals surface area contributed by atoms with Crippen LogP contribution >= 0.6 is 15.6 Å². The van der Waals surface area contributed by atoms with E-state index in [4.69, 9.17) is 29.8 Å². The van der Waals surface area contributed by atoms with E-state index in [1.165, 1.54) is 0 Å². The number of aliphatic hydroxyl groups is 2. The lowest BCUT2D eigenvalue weighted by atomic mass is 10.1. The lowest BCUT2D eigenvalue weighted by molar-refractivity contribution is -0.136. The summed E-state index contributed by atoms with van der Waals surface area (Å²) in [5.74, 6) is -1.29. The Morgan fingerprint density at radius 1 is 1.00 bits per heavy atom. The molecule has 0 saturated heterocycles. The molecule has 2 atom stereocenters. The number of phosphoric ester groups is 2. The second kappa shape index (κ2) is 6.83. The van der Waals surface area contributed by atoms with Crippen molar-refractivity contribution in [3.8, 4) is 0 Å². The second-order valence-electron chi connectivity index (χ2n) is 3.03. The Morgan fingerprint density at radius 3 is 1.83 bits per heavy atom. The van der Waals surface area contributed by atoms with Gasteiger partial charge in [0.2, 0.25) is 0 Å². The molecule has 0 aromatic heterocycles. The van der Waals surface area contributed by atoms with E-state index in [1.54, 1.807) is 0 Å².